The van der Waals surface area contributed by atoms with Crippen LogP contribution in [0.15, 0.2) is 18.2 Å². The van der Waals surface area contributed by atoms with Crippen LogP contribution in [0.5, 0.6) is 5.75 Å². The summed E-state index contributed by atoms with van der Waals surface area (Å²) >= 11 is 0. The van der Waals surface area contributed by atoms with Gasteiger partial charge in [-0.25, -0.2) is 0 Å². The van der Waals surface area contributed by atoms with Crippen molar-refractivity contribution in [1.82, 2.24) is 4.90 Å². The molecule has 1 heterocycles. The SMILES string of the molecule is COc1ccc([N+](=O)[O-])cc1NC(=O)[C@@H](C)N1CCCCCCC1. The molecule has 0 saturated carbocycles. The Labute approximate surface area is 142 Å². The number of rotatable bonds is 5. The van der Waals surface area contributed by atoms with Crippen LogP contribution in [0.4, 0.5) is 11.4 Å². The van der Waals surface area contributed by atoms with Crippen molar-refractivity contribution in [1.29, 1.82) is 0 Å². The van der Waals surface area contributed by atoms with E-state index in [1.54, 1.807) is 0 Å². The first-order valence-electron chi connectivity index (χ1n) is 8.40. The number of amides is 1. The Morgan fingerprint density at radius 1 is 1.25 bits per heavy atom. The quantitative estimate of drug-likeness (QED) is 0.660. The number of anilines is 1. The van der Waals surface area contributed by atoms with E-state index in [1.165, 1.54) is 44.6 Å². The van der Waals surface area contributed by atoms with E-state index in [-0.39, 0.29) is 17.6 Å². The van der Waals surface area contributed by atoms with E-state index in [0.717, 1.165) is 25.9 Å². The number of carbonyl (C=O) groups excluding carboxylic acids is 1. The molecule has 0 aromatic heterocycles. The number of nitro benzene ring substituents is 1. The molecule has 132 valence electrons. The summed E-state index contributed by atoms with van der Waals surface area (Å²) in [5, 5.41) is 13.7. The fraction of sp³-hybridized carbons (Fsp3) is 0.588. The van der Waals surface area contributed by atoms with Gasteiger partial charge in [0.2, 0.25) is 5.91 Å². The monoisotopic (exact) mass is 335 g/mol. The normalized spacial score (nSPS) is 17.4. The van der Waals surface area contributed by atoms with Crippen molar-refractivity contribution in [2.45, 2.75) is 45.1 Å². The molecular weight excluding hydrogens is 310 g/mol. The molecule has 24 heavy (non-hydrogen) atoms. The molecule has 1 N–H and O–H groups in total. The van der Waals surface area contributed by atoms with E-state index in [2.05, 4.69) is 10.2 Å². The van der Waals surface area contributed by atoms with Crippen molar-refractivity contribution in [3.8, 4) is 5.75 Å². The number of nitrogens with zero attached hydrogens (tertiary/aromatic N) is 2. The number of non-ortho nitro benzene ring substituents is 1. The number of likely N-dealkylation sites (tertiary alicyclic amines) is 1. The second-order valence-electron chi connectivity index (χ2n) is 6.11. The Bertz CT molecular complexity index is 583. The molecule has 2 rings (SSSR count). The van der Waals surface area contributed by atoms with Gasteiger partial charge in [-0.2, -0.15) is 0 Å². The fourth-order valence-corrected chi connectivity index (χ4v) is 2.97. The van der Waals surface area contributed by atoms with Gasteiger partial charge in [0.1, 0.15) is 5.75 Å². The van der Waals surface area contributed by atoms with Crippen LogP contribution in [-0.2, 0) is 4.79 Å². The van der Waals surface area contributed by atoms with Crippen molar-refractivity contribution < 1.29 is 14.5 Å². The smallest absolute Gasteiger partial charge is 0.271 e. The summed E-state index contributed by atoms with van der Waals surface area (Å²) in [6, 6.07) is 3.90. The standard InChI is InChI=1S/C17H25N3O4/c1-13(19-10-6-4-3-5-7-11-19)17(21)18-15-12-14(20(22)23)8-9-16(15)24-2/h8-9,12-13H,3-7,10-11H2,1-2H3,(H,18,21)/t13-/m1/s1. The van der Waals surface area contributed by atoms with Crippen LogP contribution in [0.25, 0.3) is 0 Å². The molecule has 1 aliphatic rings. The summed E-state index contributed by atoms with van der Waals surface area (Å²) in [7, 11) is 1.47. The lowest BCUT2D eigenvalue weighted by atomic mass is 10.1. The van der Waals surface area contributed by atoms with E-state index < -0.39 is 4.92 Å². The molecular formula is C17H25N3O4. The first kappa shape index (κ1) is 18.2. The van der Waals surface area contributed by atoms with Gasteiger partial charge in [0.25, 0.3) is 5.69 Å². The summed E-state index contributed by atoms with van der Waals surface area (Å²) in [5.74, 6) is 0.239. The maximum Gasteiger partial charge on any atom is 0.271 e. The Hall–Kier alpha value is -2.15. The van der Waals surface area contributed by atoms with Crippen molar-refractivity contribution in [2.75, 3.05) is 25.5 Å². The van der Waals surface area contributed by atoms with Gasteiger partial charge in [-0.15, -0.1) is 0 Å². The molecule has 0 spiro atoms. The number of hydrogen-bond donors (Lipinski definition) is 1. The highest BCUT2D eigenvalue weighted by molar-refractivity contribution is 5.96. The van der Waals surface area contributed by atoms with Crippen LogP contribution in [0, 0.1) is 10.1 Å². The lowest BCUT2D eigenvalue weighted by Crippen LogP contribution is -2.43. The maximum atomic E-state index is 12.6. The zero-order valence-electron chi connectivity index (χ0n) is 14.3. The second kappa shape index (κ2) is 8.63. The Balaban J connectivity index is 2.09. The molecule has 7 nitrogen and oxygen atoms in total. The largest absolute Gasteiger partial charge is 0.495 e. The molecule has 0 aliphatic carbocycles. The molecule has 1 aromatic rings. The maximum absolute atomic E-state index is 12.6. The predicted octanol–water partition coefficient (Wildman–Crippen LogP) is 3.20. The Kier molecular flexibility index (Phi) is 6.54. The van der Waals surface area contributed by atoms with Gasteiger partial charge in [0.15, 0.2) is 0 Å². The molecule has 1 saturated heterocycles. The Morgan fingerprint density at radius 2 is 1.88 bits per heavy atom. The molecule has 0 bridgehead atoms. The van der Waals surface area contributed by atoms with Gasteiger partial charge >= 0.3 is 0 Å². The highest BCUT2D eigenvalue weighted by Crippen LogP contribution is 2.29. The van der Waals surface area contributed by atoms with Gasteiger partial charge in [0.05, 0.1) is 23.8 Å². The highest BCUT2D eigenvalue weighted by Gasteiger charge is 2.23. The van der Waals surface area contributed by atoms with Gasteiger partial charge in [-0.1, -0.05) is 19.3 Å². The molecule has 1 fully saturated rings. The molecule has 7 heteroatoms. The number of nitro groups is 1. The van der Waals surface area contributed by atoms with Crippen molar-refractivity contribution in [2.24, 2.45) is 0 Å². The highest BCUT2D eigenvalue weighted by atomic mass is 16.6. The minimum atomic E-state index is -0.489. The minimum Gasteiger partial charge on any atom is -0.495 e. The summed E-state index contributed by atoms with van der Waals surface area (Å²) < 4.78 is 5.19. The lowest BCUT2D eigenvalue weighted by Gasteiger charge is -2.29. The van der Waals surface area contributed by atoms with Crippen molar-refractivity contribution >= 4 is 17.3 Å². The average molecular weight is 335 g/mol. The number of methoxy groups -OCH3 is 1. The average Bonchev–Trinajstić information content (AvgIpc) is 2.53. The van der Waals surface area contributed by atoms with Crippen LogP contribution in [0.3, 0.4) is 0 Å². The third-order valence-corrected chi connectivity index (χ3v) is 4.47. The van der Waals surface area contributed by atoms with E-state index >= 15 is 0 Å². The zero-order chi connectivity index (χ0) is 17.5. The number of ether oxygens (including phenoxy) is 1. The lowest BCUT2D eigenvalue weighted by molar-refractivity contribution is -0.384. The number of carbonyl (C=O) groups is 1. The van der Waals surface area contributed by atoms with Crippen molar-refractivity contribution in [3.05, 3.63) is 28.3 Å². The van der Waals surface area contributed by atoms with E-state index in [1.807, 2.05) is 6.92 Å². The molecule has 1 atom stereocenters. The van der Waals surface area contributed by atoms with Crippen LogP contribution >= 0.6 is 0 Å². The minimum absolute atomic E-state index is 0.0787. The molecule has 1 amide bonds. The van der Waals surface area contributed by atoms with Crippen LogP contribution in [0.1, 0.15) is 39.0 Å². The predicted molar refractivity (Wildman–Crippen MR) is 92.4 cm³/mol. The van der Waals surface area contributed by atoms with Crippen LogP contribution < -0.4 is 10.1 Å². The van der Waals surface area contributed by atoms with Crippen LogP contribution in [-0.4, -0.2) is 42.0 Å². The third-order valence-electron chi connectivity index (χ3n) is 4.47. The number of benzene rings is 1. The van der Waals surface area contributed by atoms with Crippen LogP contribution in [0.2, 0.25) is 0 Å². The first-order chi connectivity index (χ1) is 11.5. The van der Waals surface area contributed by atoms with E-state index in [4.69, 9.17) is 4.74 Å². The summed E-state index contributed by atoms with van der Waals surface area (Å²) in [6.45, 7) is 3.68. The second-order valence-corrected chi connectivity index (χ2v) is 6.11. The summed E-state index contributed by atoms with van der Waals surface area (Å²) in [6.07, 6.45) is 5.85. The molecule has 1 aliphatic heterocycles. The number of nitrogens with one attached hydrogen (secondary N) is 1. The first-order valence-corrected chi connectivity index (χ1v) is 8.40. The Morgan fingerprint density at radius 3 is 2.46 bits per heavy atom. The summed E-state index contributed by atoms with van der Waals surface area (Å²) in [4.78, 5) is 25.2. The number of hydrogen-bond acceptors (Lipinski definition) is 5. The van der Waals surface area contributed by atoms with E-state index in [9.17, 15) is 14.9 Å². The molecule has 0 unspecified atom stereocenters. The molecule has 0 radical (unpaired) electrons. The summed E-state index contributed by atoms with van der Waals surface area (Å²) in [5.41, 5.74) is 0.251. The van der Waals surface area contributed by atoms with Gasteiger partial charge in [-0.3, -0.25) is 19.8 Å². The van der Waals surface area contributed by atoms with Gasteiger partial charge < -0.3 is 10.1 Å². The fourth-order valence-electron chi connectivity index (χ4n) is 2.97. The zero-order valence-corrected chi connectivity index (χ0v) is 14.3. The molecule has 1 aromatic carbocycles. The van der Waals surface area contributed by atoms with E-state index in [0.29, 0.717) is 11.4 Å². The topological polar surface area (TPSA) is 84.7 Å². The third kappa shape index (κ3) is 4.67. The van der Waals surface area contributed by atoms with Gasteiger partial charge in [-0.05, 0) is 38.9 Å². The van der Waals surface area contributed by atoms with Crippen molar-refractivity contribution in [3.63, 3.8) is 0 Å². The van der Waals surface area contributed by atoms with Gasteiger partial charge in [0, 0.05) is 12.1 Å².